The minimum atomic E-state index is -0.473. The molecule has 4 rings (SSSR count). The zero-order valence-electron chi connectivity index (χ0n) is 16.1. The molecule has 3 unspecified atom stereocenters. The summed E-state index contributed by atoms with van der Waals surface area (Å²) in [4.78, 5) is 43.9. The van der Waals surface area contributed by atoms with Crippen molar-refractivity contribution >= 4 is 29.7 Å². The van der Waals surface area contributed by atoms with Gasteiger partial charge < -0.3 is 14.7 Å². The Morgan fingerprint density at radius 2 is 1.96 bits per heavy atom. The number of amides is 3. The van der Waals surface area contributed by atoms with Gasteiger partial charge in [-0.3, -0.25) is 10.1 Å². The van der Waals surface area contributed by atoms with Crippen LogP contribution in [0.25, 0.3) is 0 Å². The quantitative estimate of drug-likeness (QED) is 0.575. The Kier molecular flexibility index (Phi) is 5.38. The molecule has 3 aliphatic rings. The van der Waals surface area contributed by atoms with Crippen molar-refractivity contribution in [1.29, 1.82) is 0 Å². The van der Waals surface area contributed by atoms with Crippen molar-refractivity contribution in [3.8, 4) is 0 Å². The highest BCUT2D eigenvalue weighted by molar-refractivity contribution is 7.99. The molecule has 4 heterocycles. The van der Waals surface area contributed by atoms with Gasteiger partial charge in [0.2, 0.25) is 0 Å². The molecule has 1 aromatic heterocycles. The Bertz CT molecular complexity index is 768. The van der Waals surface area contributed by atoms with E-state index in [1.807, 2.05) is 0 Å². The van der Waals surface area contributed by atoms with E-state index in [1.165, 1.54) is 4.90 Å². The number of likely N-dealkylation sites (N-methyl/N-ethyl adjacent to an activating group) is 1. The topological polar surface area (TPSA) is 94.0 Å². The molecule has 0 aromatic carbocycles. The number of nitrogens with zero attached hydrogens (tertiary/aromatic N) is 6. The number of rotatable bonds is 5. The molecule has 150 valence electrons. The molecule has 2 saturated heterocycles. The first-order chi connectivity index (χ1) is 13.5. The van der Waals surface area contributed by atoms with Gasteiger partial charge in [-0.1, -0.05) is 18.7 Å². The average molecular weight is 404 g/mol. The van der Waals surface area contributed by atoms with Gasteiger partial charge in [-0.2, -0.15) is 0 Å². The fourth-order valence-electron chi connectivity index (χ4n) is 3.85. The minimum absolute atomic E-state index is 0.266. The van der Waals surface area contributed by atoms with Crippen molar-refractivity contribution in [3.63, 3.8) is 0 Å². The second-order valence-corrected chi connectivity index (χ2v) is 8.47. The molecular weight excluding hydrogens is 378 g/mol. The number of likely N-dealkylation sites (tertiary alicyclic amines) is 1. The molecular formula is C18H25N7O2S. The van der Waals surface area contributed by atoms with Crippen LogP contribution in [0.5, 0.6) is 0 Å². The third-order valence-electron chi connectivity index (χ3n) is 5.28. The molecule has 10 heteroatoms. The molecule has 0 spiro atoms. The van der Waals surface area contributed by atoms with Crippen LogP contribution in [0, 0.1) is 5.92 Å². The van der Waals surface area contributed by atoms with Gasteiger partial charge in [0.25, 0.3) is 5.91 Å². The van der Waals surface area contributed by atoms with Crippen LogP contribution >= 0.6 is 11.8 Å². The van der Waals surface area contributed by atoms with E-state index in [1.54, 1.807) is 37.3 Å². The number of guanidine groups is 1. The van der Waals surface area contributed by atoms with Gasteiger partial charge in [0.05, 0.1) is 0 Å². The van der Waals surface area contributed by atoms with E-state index < -0.39 is 12.2 Å². The largest absolute Gasteiger partial charge is 0.343 e. The first kappa shape index (κ1) is 19.0. The summed E-state index contributed by atoms with van der Waals surface area (Å²) in [6.45, 7) is 4.72. The summed E-state index contributed by atoms with van der Waals surface area (Å²) >= 11 is 1.61. The van der Waals surface area contributed by atoms with Crippen molar-refractivity contribution in [2.75, 3.05) is 32.4 Å². The summed E-state index contributed by atoms with van der Waals surface area (Å²) in [6.07, 6.45) is 5.26. The number of carbonyl (C=O) groups is 2. The molecule has 0 bridgehead atoms. The fourth-order valence-corrected chi connectivity index (χ4v) is 4.66. The van der Waals surface area contributed by atoms with Crippen molar-refractivity contribution in [1.82, 2.24) is 30.0 Å². The molecule has 0 saturated carbocycles. The summed E-state index contributed by atoms with van der Waals surface area (Å²) in [7, 11) is 1.69. The Balaban J connectivity index is 1.50. The van der Waals surface area contributed by atoms with Crippen molar-refractivity contribution < 1.29 is 9.59 Å². The lowest BCUT2D eigenvalue weighted by Gasteiger charge is -2.38. The van der Waals surface area contributed by atoms with E-state index in [-0.39, 0.29) is 17.9 Å². The summed E-state index contributed by atoms with van der Waals surface area (Å²) < 4.78 is 0. The average Bonchev–Trinajstić information content (AvgIpc) is 3.34. The van der Waals surface area contributed by atoms with Crippen LogP contribution in [-0.2, 0) is 4.79 Å². The zero-order valence-corrected chi connectivity index (χ0v) is 16.9. The van der Waals surface area contributed by atoms with Gasteiger partial charge in [0.1, 0.15) is 0 Å². The second-order valence-electron chi connectivity index (χ2n) is 7.49. The first-order valence-corrected chi connectivity index (χ1v) is 10.6. The van der Waals surface area contributed by atoms with E-state index in [2.05, 4.69) is 32.0 Å². The molecule has 0 aliphatic carbocycles. The summed E-state index contributed by atoms with van der Waals surface area (Å²) in [5.41, 5.74) is 0. The molecule has 9 nitrogen and oxygen atoms in total. The number of hydrogen-bond acceptors (Lipinski definition) is 8. The van der Waals surface area contributed by atoms with Crippen LogP contribution in [0.2, 0.25) is 0 Å². The highest BCUT2D eigenvalue weighted by atomic mass is 32.2. The van der Waals surface area contributed by atoms with Crippen LogP contribution in [0.4, 0.5) is 4.79 Å². The monoisotopic (exact) mass is 403 g/mol. The Morgan fingerprint density at radius 3 is 2.68 bits per heavy atom. The van der Waals surface area contributed by atoms with Gasteiger partial charge in [-0.05, 0) is 24.8 Å². The molecule has 0 radical (unpaired) electrons. The van der Waals surface area contributed by atoms with Crippen molar-refractivity contribution in [2.24, 2.45) is 10.9 Å². The SMILES string of the molecule is CC(CSc1ncccn1)CN1C(N2CCCC2)=NC2C1C(=O)NC(=O)N2C. The number of urea groups is 1. The maximum atomic E-state index is 12.6. The third kappa shape index (κ3) is 3.65. The van der Waals surface area contributed by atoms with Crippen molar-refractivity contribution in [2.45, 2.75) is 37.1 Å². The van der Waals surface area contributed by atoms with Gasteiger partial charge in [-0.25, -0.2) is 19.8 Å². The van der Waals surface area contributed by atoms with Gasteiger partial charge in [0.15, 0.2) is 23.3 Å². The Hall–Kier alpha value is -2.36. The lowest BCUT2D eigenvalue weighted by Crippen LogP contribution is -2.64. The second kappa shape index (κ2) is 7.94. The zero-order chi connectivity index (χ0) is 19.7. The fraction of sp³-hybridized carbons (Fsp3) is 0.611. The number of aliphatic imine (C=N–C) groups is 1. The predicted octanol–water partition coefficient (Wildman–Crippen LogP) is 0.849. The van der Waals surface area contributed by atoms with E-state index >= 15 is 0 Å². The third-order valence-corrected chi connectivity index (χ3v) is 6.48. The number of carbonyl (C=O) groups excluding carboxylic acids is 2. The molecule has 28 heavy (non-hydrogen) atoms. The lowest BCUT2D eigenvalue weighted by molar-refractivity contribution is -0.127. The molecule has 1 aromatic rings. The van der Waals surface area contributed by atoms with Gasteiger partial charge in [0, 0.05) is 44.8 Å². The van der Waals surface area contributed by atoms with E-state index in [9.17, 15) is 9.59 Å². The van der Waals surface area contributed by atoms with E-state index in [4.69, 9.17) is 4.99 Å². The maximum absolute atomic E-state index is 12.6. The Morgan fingerprint density at radius 1 is 1.25 bits per heavy atom. The molecule has 3 amide bonds. The number of fused-ring (bicyclic) bond motifs is 1. The van der Waals surface area contributed by atoms with Gasteiger partial charge in [-0.15, -0.1) is 0 Å². The highest BCUT2D eigenvalue weighted by Gasteiger charge is 2.50. The number of thioether (sulfide) groups is 1. The van der Waals surface area contributed by atoms with Crippen LogP contribution in [0.1, 0.15) is 19.8 Å². The summed E-state index contributed by atoms with van der Waals surface area (Å²) in [6, 6.07) is 0.942. The lowest BCUT2D eigenvalue weighted by atomic mass is 10.1. The number of aromatic nitrogens is 2. The molecule has 3 atom stereocenters. The number of nitrogens with one attached hydrogen (secondary N) is 1. The molecule has 2 fully saturated rings. The summed E-state index contributed by atoms with van der Waals surface area (Å²) in [5, 5.41) is 3.21. The van der Waals surface area contributed by atoms with Crippen LogP contribution in [-0.4, -0.2) is 87.2 Å². The molecule has 3 aliphatic heterocycles. The minimum Gasteiger partial charge on any atom is -0.343 e. The van der Waals surface area contributed by atoms with E-state index in [0.29, 0.717) is 6.54 Å². The first-order valence-electron chi connectivity index (χ1n) is 9.61. The standard InChI is InChI=1S/C18H25N7O2S/c1-12(11-28-16-19-6-5-7-20-16)10-25-13-14(23(2)18(27)22-15(13)26)21-17(25)24-8-3-4-9-24/h5-7,12-14H,3-4,8-11H2,1-2H3,(H,22,26,27). The summed E-state index contributed by atoms with van der Waals surface area (Å²) in [5.74, 6) is 1.70. The maximum Gasteiger partial charge on any atom is 0.325 e. The van der Waals surface area contributed by atoms with E-state index in [0.717, 1.165) is 42.8 Å². The van der Waals surface area contributed by atoms with Gasteiger partial charge >= 0.3 is 6.03 Å². The molecule has 1 N–H and O–H groups in total. The number of imide groups is 1. The van der Waals surface area contributed by atoms with Crippen LogP contribution in [0.15, 0.2) is 28.6 Å². The highest BCUT2D eigenvalue weighted by Crippen LogP contribution is 2.28. The normalized spacial score (nSPS) is 25.6. The van der Waals surface area contributed by atoms with Crippen molar-refractivity contribution in [3.05, 3.63) is 18.5 Å². The van der Waals surface area contributed by atoms with Crippen LogP contribution in [0.3, 0.4) is 0 Å². The smallest absolute Gasteiger partial charge is 0.325 e. The predicted molar refractivity (Wildman–Crippen MR) is 106 cm³/mol. The number of hydrogen-bond donors (Lipinski definition) is 1. The Labute approximate surface area is 168 Å². The van der Waals surface area contributed by atoms with Crippen LogP contribution < -0.4 is 5.32 Å².